The van der Waals surface area contributed by atoms with Gasteiger partial charge >= 0.3 is 0 Å². The first kappa shape index (κ1) is 21.2. The summed E-state index contributed by atoms with van der Waals surface area (Å²) in [7, 11) is 0. The van der Waals surface area contributed by atoms with Crippen LogP contribution in [0.15, 0.2) is 29.3 Å². The fraction of sp³-hybridized carbons (Fsp3) is 0.611. The van der Waals surface area contributed by atoms with E-state index < -0.39 is 0 Å². The lowest BCUT2D eigenvalue weighted by molar-refractivity contribution is 0.287. The molecule has 24 heavy (non-hydrogen) atoms. The fourth-order valence-corrected chi connectivity index (χ4v) is 2.89. The molecule has 0 aromatic heterocycles. The molecule has 2 rings (SSSR count). The van der Waals surface area contributed by atoms with E-state index in [0.29, 0.717) is 12.5 Å². The van der Waals surface area contributed by atoms with E-state index in [2.05, 4.69) is 27.4 Å². The molecule has 0 spiro atoms. The molecule has 0 amide bonds. The van der Waals surface area contributed by atoms with E-state index in [0.717, 1.165) is 31.2 Å². The summed E-state index contributed by atoms with van der Waals surface area (Å²) in [6.45, 7) is 10.1. The van der Waals surface area contributed by atoms with Gasteiger partial charge in [0, 0.05) is 19.6 Å². The van der Waals surface area contributed by atoms with Gasteiger partial charge in [-0.05, 0) is 56.5 Å². The maximum absolute atomic E-state index is 13.2. The Morgan fingerprint density at radius 2 is 2.04 bits per heavy atom. The van der Waals surface area contributed by atoms with Crippen LogP contribution in [0.3, 0.4) is 0 Å². The summed E-state index contributed by atoms with van der Waals surface area (Å²) in [4.78, 5) is 7.07. The summed E-state index contributed by atoms with van der Waals surface area (Å²) in [5, 5.41) is 6.65. The monoisotopic (exact) mass is 448 g/mol. The van der Waals surface area contributed by atoms with E-state index in [4.69, 9.17) is 0 Å². The van der Waals surface area contributed by atoms with E-state index >= 15 is 0 Å². The van der Waals surface area contributed by atoms with E-state index in [1.165, 1.54) is 38.1 Å². The van der Waals surface area contributed by atoms with E-state index in [1.54, 1.807) is 6.07 Å². The van der Waals surface area contributed by atoms with Gasteiger partial charge in [-0.3, -0.25) is 0 Å². The fourth-order valence-electron chi connectivity index (χ4n) is 2.89. The largest absolute Gasteiger partial charge is 0.357 e. The van der Waals surface area contributed by atoms with Crippen LogP contribution in [-0.4, -0.2) is 43.6 Å². The molecule has 136 valence electrons. The number of nitrogens with one attached hydrogen (secondary N) is 2. The molecular formula is C18H30FIN4. The van der Waals surface area contributed by atoms with Gasteiger partial charge < -0.3 is 15.5 Å². The summed E-state index contributed by atoms with van der Waals surface area (Å²) in [6.07, 6.45) is 2.66. The van der Waals surface area contributed by atoms with Crippen LogP contribution >= 0.6 is 24.0 Å². The summed E-state index contributed by atoms with van der Waals surface area (Å²) in [6, 6.07) is 6.60. The molecule has 1 aromatic carbocycles. The van der Waals surface area contributed by atoms with Crippen LogP contribution in [0.5, 0.6) is 0 Å². The molecule has 0 bridgehead atoms. The molecule has 1 fully saturated rings. The maximum Gasteiger partial charge on any atom is 0.191 e. The number of aliphatic imine (C=N–C) groups is 1. The lowest BCUT2D eigenvalue weighted by Gasteiger charge is -2.21. The quantitative estimate of drug-likeness (QED) is 0.382. The summed E-state index contributed by atoms with van der Waals surface area (Å²) >= 11 is 0. The SMILES string of the molecule is CCNC(=NCc1cccc(F)c1)NCC(C)CN1CCCC1.I. The molecule has 4 nitrogen and oxygen atoms in total. The molecule has 1 heterocycles. The predicted molar refractivity (Wildman–Crippen MR) is 109 cm³/mol. The Morgan fingerprint density at radius 1 is 1.29 bits per heavy atom. The van der Waals surface area contributed by atoms with Gasteiger partial charge in [-0.1, -0.05) is 19.1 Å². The zero-order valence-electron chi connectivity index (χ0n) is 14.7. The topological polar surface area (TPSA) is 39.7 Å². The van der Waals surface area contributed by atoms with Crippen LogP contribution in [0.4, 0.5) is 4.39 Å². The second-order valence-corrected chi connectivity index (χ2v) is 6.32. The standard InChI is InChI=1S/C18H29FN4.HI/c1-3-20-18(22-13-16-7-6-8-17(19)11-16)21-12-15(2)14-23-9-4-5-10-23;/h6-8,11,15H,3-5,9-10,12-14H2,1-2H3,(H2,20,21,22);1H. The van der Waals surface area contributed by atoms with Crippen molar-refractivity contribution in [3.63, 3.8) is 0 Å². The Morgan fingerprint density at radius 3 is 2.71 bits per heavy atom. The Labute approximate surface area is 162 Å². The molecule has 1 atom stereocenters. The molecule has 2 N–H and O–H groups in total. The van der Waals surface area contributed by atoms with E-state index in [9.17, 15) is 4.39 Å². The van der Waals surface area contributed by atoms with Gasteiger partial charge in [-0.15, -0.1) is 24.0 Å². The van der Waals surface area contributed by atoms with Gasteiger partial charge in [-0.2, -0.15) is 0 Å². The van der Waals surface area contributed by atoms with Crippen molar-refractivity contribution in [3.8, 4) is 0 Å². The molecule has 0 radical (unpaired) electrons. The van der Waals surface area contributed by atoms with Crippen molar-refractivity contribution in [2.45, 2.75) is 33.2 Å². The minimum absolute atomic E-state index is 0. The first-order chi connectivity index (χ1) is 11.2. The van der Waals surface area contributed by atoms with Gasteiger partial charge in [0.15, 0.2) is 5.96 Å². The molecule has 1 aliphatic rings. The molecule has 1 aromatic rings. The lowest BCUT2D eigenvalue weighted by atomic mass is 10.1. The molecule has 1 unspecified atom stereocenters. The van der Waals surface area contributed by atoms with Gasteiger partial charge in [-0.25, -0.2) is 9.38 Å². The number of guanidine groups is 1. The van der Waals surface area contributed by atoms with Crippen molar-refractivity contribution in [2.75, 3.05) is 32.7 Å². The second-order valence-electron chi connectivity index (χ2n) is 6.32. The highest BCUT2D eigenvalue weighted by atomic mass is 127. The third kappa shape index (κ3) is 7.79. The van der Waals surface area contributed by atoms with Crippen molar-refractivity contribution in [3.05, 3.63) is 35.6 Å². The number of hydrogen-bond acceptors (Lipinski definition) is 2. The average Bonchev–Trinajstić information content (AvgIpc) is 3.03. The van der Waals surface area contributed by atoms with E-state index in [-0.39, 0.29) is 29.8 Å². The number of benzene rings is 1. The van der Waals surface area contributed by atoms with Crippen molar-refractivity contribution >= 4 is 29.9 Å². The minimum Gasteiger partial charge on any atom is -0.357 e. The third-order valence-electron chi connectivity index (χ3n) is 4.04. The highest BCUT2D eigenvalue weighted by Crippen LogP contribution is 2.09. The first-order valence-corrected chi connectivity index (χ1v) is 8.66. The van der Waals surface area contributed by atoms with Crippen molar-refractivity contribution in [2.24, 2.45) is 10.9 Å². The summed E-state index contributed by atoms with van der Waals surface area (Å²) < 4.78 is 13.2. The number of rotatable bonds is 7. The van der Waals surface area contributed by atoms with Crippen LogP contribution in [0.25, 0.3) is 0 Å². The molecule has 1 saturated heterocycles. The second kappa shape index (κ2) is 11.6. The van der Waals surface area contributed by atoms with Crippen LogP contribution in [-0.2, 0) is 6.54 Å². The Bertz CT molecular complexity index is 504. The Balaban J connectivity index is 0.00000288. The van der Waals surface area contributed by atoms with Crippen molar-refractivity contribution < 1.29 is 4.39 Å². The molecule has 6 heteroatoms. The predicted octanol–water partition coefficient (Wildman–Crippen LogP) is 3.23. The van der Waals surface area contributed by atoms with Crippen molar-refractivity contribution in [1.29, 1.82) is 0 Å². The lowest BCUT2D eigenvalue weighted by Crippen LogP contribution is -2.41. The number of likely N-dealkylation sites (tertiary alicyclic amines) is 1. The molecule has 0 aliphatic carbocycles. The number of halogens is 2. The highest BCUT2D eigenvalue weighted by Gasteiger charge is 2.14. The highest BCUT2D eigenvalue weighted by molar-refractivity contribution is 14.0. The Hall–Kier alpha value is -0.890. The summed E-state index contributed by atoms with van der Waals surface area (Å²) in [5.74, 6) is 1.16. The Kier molecular flexibility index (Phi) is 10.2. The number of nitrogens with zero attached hydrogens (tertiary/aromatic N) is 2. The van der Waals surface area contributed by atoms with Crippen LogP contribution in [0, 0.1) is 11.7 Å². The zero-order chi connectivity index (χ0) is 16.5. The average molecular weight is 448 g/mol. The van der Waals surface area contributed by atoms with Gasteiger partial charge in [0.1, 0.15) is 5.82 Å². The normalized spacial score (nSPS) is 16.5. The first-order valence-electron chi connectivity index (χ1n) is 8.66. The van der Waals surface area contributed by atoms with Gasteiger partial charge in [0.05, 0.1) is 6.54 Å². The van der Waals surface area contributed by atoms with Crippen molar-refractivity contribution in [1.82, 2.24) is 15.5 Å². The van der Waals surface area contributed by atoms with E-state index in [1.807, 2.05) is 13.0 Å². The van der Waals surface area contributed by atoms with Crippen LogP contribution in [0.1, 0.15) is 32.3 Å². The number of hydrogen-bond donors (Lipinski definition) is 2. The maximum atomic E-state index is 13.2. The van der Waals surface area contributed by atoms with Gasteiger partial charge in [0.25, 0.3) is 0 Å². The molecular weight excluding hydrogens is 418 g/mol. The van der Waals surface area contributed by atoms with Gasteiger partial charge in [0.2, 0.25) is 0 Å². The molecule has 1 aliphatic heterocycles. The zero-order valence-corrected chi connectivity index (χ0v) is 17.1. The summed E-state index contributed by atoms with van der Waals surface area (Å²) in [5.41, 5.74) is 0.882. The molecule has 0 saturated carbocycles. The van der Waals surface area contributed by atoms with Crippen LogP contribution < -0.4 is 10.6 Å². The minimum atomic E-state index is -0.213. The smallest absolute Gasteiger partial charge is 0.191 e. The third-order valence-corrected chi connectivity index (χ3v) is 4.04. The van der Waals surface area contributed by atoms with Crippen LogP contribution in [0.2, 0.25) is 0 Å².